The van der Waals surface area contributed by atoms with E-state index in [-0.39, 0.29) is 22.2 Å². The number of fused-ring (bicyclic) bond motifs is 2. The summed E-state index contributed by atoms with van der Waals surface area (Å²) < 4.78 is 60.7. The molecule has 2 saturated carbocycles. The Labute approximate surface area is 117 Å². The SMILES string of the molecule is O=C(O[CH]([AlH2])C(F)(F)S(=O)(=O)O)C1CC2CCC1C2. The molecule has 2 aliphatic rings. The van der Waals surface area contributed by atoms with Crippen LogP contribution in [0, 0.1) is 17.8 Å². The minimum atomic E-state index is -5.56. The molecule has 0 aliphatic heterocycles. The lowest BCUT2D eigenvalue weighted by Crippen LogP contribution is -2.45. The van der Waals surface area contributed by atoms with E-state index in [0.717, 1.165) is 19.3 Å². The quantitative estimate of drug-likeness (QED) is 0.462. The highest BCUT2D eigenvalue weighted by Gasteiger charge is 2.52. The summed E-state index contributed by atoms with van der Waals surface area (Å²) >= 11 is -0.379. The second kappa shape index (κ2) is 4.95. The van der Waals surface area contributed by atoms with Crippen LogP contribution in [0.2, 0.25) is 0 Å². The Morgan fingerprint density at radius 3 is 2.42 bits per heavy atom. The van der Waals surface area contributed by atoms with E-state index in [9.17, 15) is 22.0 Å². The lowest BCUT2D eigenvalue weighted by atomic mass is 9.89. The largest absolute Gasteiger partial charge is 0.472 e. The fraction of sp³-hybridized carbons (Fsp3) is 0.900. The van der Waals surface area contributed by atoms with E-state index in [1.54, 1.807) is 0 Å². The summed E-state index contributed by atoms with van der Waals surface area (Å²) in [7, 11) is -5.56. The summed E-state index contributed by atoms with van der Waals surface area (Å²) in [6.07, 6.45) is 3.50. The number of esters is 1. The normalized spacial score (nSPS) is 32.3. The fourth-order valence-electron chi connectivity index (χ4n) is 3.07. The topological polar surface area (TPSA) is 80.7 Å². The Morgan fingerprint density at radius 2 is 2.00 bits per heavy atom. The molecule has 2 aliphatic carbocycles. The molecule has 0 radical (unpaired) electrons. The molecule has 19 heavy (non-hydrogen) atoms. The minimum absolute atomic E-state index is 0.172. The zero-order chi connectivity index (χ0) is 14.4. The third-order valence-electron chi connectivity index (χ3n) is 4.15. The van der Waals surface area contributed by atoms with Crippen molar-refractivity contribution < 1.29 is 31.3 Å². The molecule has 0 aromatic carbocycles. The first-order valence-corrected chi connectivity index (χ1v) is 8.77. The molecule has 2 bridgehead atoms. The summed E-state index contributed by atoms with van der Waals surface area (Å²) in [5.74, 6) is -0.522. The van der Waals surface area contributed by atoms with Gasteiger partial charge >= 0.3 is 21.3 Å². The van der Waals surface area contributed by atoms with Crippen LogP contribution in [0.3, 0.4) is 0 Å². The second-order valence-corrected chi connectivity index (χ2v) is 7.94. The zero-order valence-electron chi connectivity index (χ0n) is 10.4. The van der Waals surface area contributed by atoms with Gasteiger partial charge in [0.2, 0.25) is 0 Å². The van der Waals surface area contributed by atoms with E-state index in [1.165, 1.54) is 0 Å². The maximum Gasteiger partial charge on any atom is 0.391 e. The van der Waals surface area contributed by atoms with Crippen molar-refractivity contribution in [1.82, 2.24) is 0 Å². The molecule has 0 aromatic heterocycles. The molecule has 0 spiro atoms. The van der Waals surface area contributed by atoms with Crippen LogP contribution in [0.25, 0.3) is 0 Å². The molecule has 5 nitrogen and oxygen atoms in total. The van der Waals surface area contributed by atoms with Gasteiger partial charge in [0, 0.05) is 0 Å². The minimum Gasteiger partial charge on any atom is -0.472 e. The highest BCUT2D eigenvalue weighted by Crippen LogP contribution is 2.48. The first-order chi connectivity index (χ1) is 8.63. The van der Waals surface area contributed by atoms with Crippen molar-refractivity contribution in [2.45, 2.75) is 35.9 Å². The molecular formula is C10H15AlF2O5S. The number of halogens is 2. The number of alkyl halides is 2. The fourth-order valence-corrected chi connectivity index (χ4v) is 4.67. The highest BCUT2D eigenvalue weighted by atomic mass is 32.2. The summed E-state index contributed by atoms with van der Waals surface area (Å²) in [4.78, 5) is 9.75. The van der Waals surface area contributed by atoms with Crippen LogP contribution in [-0.4, -0.2) is 45.5 Å². The standard InChI is InChI=1S/C10H13F2O5S.Al.2H/c11-10(12,18(14,15)16)5-17-9(13)8-4-6-1-2-7(8)3-6;;;/h5-8H,1-4H2,(H,14,15,16);;;. The van der Waals surface area contributed by atoms with Crippen molar-refractivity contribution in [3.63, 3.8) is 0 Å². The molecule has 0 heterocycles. The summed E-state index contributed by atoms with van der Waals surface area (Å²) in [6.45, 7) is 0. The van der Waals surface area contributed by atoms with Crippen LogP contribution in [-0.2, 0) is 19.6 Å². The number of carbonyl (C=O) groups is 1. The van der Waals surface area contributed by atoms with Gasteiger partial charge in [0.05, 0.1) is 5.92 Å². The Morgan fingerprint density at radius 1 is 1.37 bits per heavy atom. The molecular weight excluding hydrogens is 297 g/mol. The van der Waals surface area contributed by atoms with E-state index in [0.29, 0.717) is 12.3 Å². The van der Waals surface area contributed by atoms with E-state index in [2.05, 4.69) is 4.74 Å². The summed E-state index contributed by atoms with van der Waals surface area (Å²) in [5.41, 5.74) is 0. The Balaban J connectivity index is 2.00. The molecule has 108 valence electrons. The van der Waals surface area contributed by atoms with Gasteiger partial charge in [-0.2, -0.15) is 17.2 Å². The van der Waals surface area contributed by atoms with Crippen LogP contribution in [0.15, 0.2) is 0 Å². The first kappa shape index (κ1) is 15.2. The van der Waals surface area contributed by atoms with E-state index < -0.39 is 32.2 Å². The van der Waals surface area contributed by atoms with E-state index in [4.69, 9.17) is 4.55 Å². The Kier molecular flexibility index (Phi) is 3.95. The van der Waals surface area contributed by atoms with Gasteiger partial charge in [0.15, 0.2) is 0 Å². The summed E-state index contributed by atoms with van der Waals surface area (Å²) in [5, 5.41) is -4.42. The number of rotatable bonds is 4. The molecule has 0 aromatic rings. The second-order valence-electron chi connectivity index (χ2n) is 5.40. The molecule has 4 unspecified atom stereocenters. The smallest absolute Gasteiger partial charge is 0.391 e. The zero-order valence-corrected chi connectivity index (χ0v) is 13.2. The Bertz CT molecular complexity index is 480. The van der Waals surface area contributed by atoms with Crippen molar-refractivity contribution in [3.05, 3.63) is 0 Å². The monoisotopic (exact) mass is 312 g/mol. The molecule has 0 amide bonds. The van der Waals surface area contributed by atoms with Gasteiger partial charge in [-0.1, -0.05) is 6.42 Å². The molecule has 9 heteroatoms. The van der Waals surface area contributed by atoms with Gasteiger partial charge in [-0.05, 0) is 31.1 Å². The van der Waals surface area contributed by atoms with Crippen molar-refractivity contribution in [3.8, 4) is 0 Å². The third kappa shape index (κ3) is 2.80. The predicted molar refractivity (Wildman–Crippen MR) is 63.9 cm³/mol. The van der Waals surface area contributed by atoms with Gasteiger partial charge in [0.25, 0.3) is 16.3 Å². The van der Waals surface area contributed by atoms with Crippen LogP contribution in [0.5, 0.6) is 0 Å². The van der Waals surface area contributed by atoms with Crippen LogP contribution in [0.1, 0.15) is 25.7 Å². The van der Waals surface area contributed by atoms with Crippen molar-refractivity contribution in [1.29, 1.82) is 0 Å². The third-order valence-corrected chi connectivity index (χ3v) is 6.55. The van der Waals surface area contributed by atoms with Gasteiger partial charge in [-0.25, -0.2) is 0 Å². The maximum absolute atomic E-state index is 13.3. The lowest BCUT2D eigenvalue weighted by molar-refractivity contribution is -0.160. The van der Waals surface area contributed by atoms with E-state index >= 15 is 0 Å². The van der Waals surface area contributed by atoms with Crippen molar-refractivity contribution >= 4 is 32.4 Å². The van der Waals surface area contributed by atoms with Crippen molar-refractivity contribution in [2.24, 2.45) is 17.8 Å². The number of ether oxygens (including phenoxy) is 1. The average molecular weight is 312 g/mol. The molecule has 2 fully saturated rings. The lowest BCUT2D eigenvalue weighted by Gasteiger charge is -2.26. The van der Waals surface area contributed by atoms with E-state index in [1.807, 2.05) is 0 Å². The number of hydrogen-bond donors (Lipinski definition) is 1. The first-order valence-electron chi connectivity index (χ1n) is 6.18. The van der Waals surface area contributed by atoms with Crippen molar-refractivity contribution in [2.75, 3.05) is 0 Å². The average Bonchev–Trinajstić information content (AvgIpc) is 2.88. The van der Waals surface area contributed by atoms with Crippen LogP contribution in [0.4, 0.5) is 8.78 Å². The van der Waals surface area contributed by atoms with Crippen LogP contribution < -0.4 is 0 Å². The maximum atomic E-state index is 13.3. The summed E-state index contributed by atoms with van der Waals surface area (Å²) in [6, 6.07) is 0. The highest BCUT2D eigenvalue weighted by molar-refractivity contribution is 7.87. The Hall–Kier alpha value is -0.228. The van der Waals surface area contributed by atoms with Gasteiger partial charge in [0.1, 0.15) is 4.97 Å². The van der Waals surface area contributed by atoms with Gasteiger partial charge in [-0.15, -0.1) is 0 Å². The predicted octanol–water partition coefficient (Wildman–Crippen LogP) is 0.406. The van der Waals surface area contributed by atoms with Crippen LogP contribution >= 0.6 is 0 Å². The number of hydrogen-bond acceptors (Lipinski definition) is 4. The van der Waals surface area contributed by atoms with Gasteiger partial charge in [-0.3, -0.25) is 9.35 Å². The number of carbonyl (C=O) groups excluding carboxylic acids is 1. The molecule has 0 saturated heterocycles. The van der Waals surface area contributed by atoms with Gasteiger partial charge < -0.3 is 4.74 Å². The molecule has 2 rings (SSSR count). The molecule has 1 N–H and O–H groups in total. The molecule has 4 atom stereocenters.